The lowest BCUT2D eigenvalue weighted by Crippen LogP contribution is -2.02. The molecule has 26 heavy (non-hydrogen) atoms. The van der Waals surface area contributed by atoms with Gasteiger partial charge in [0.2, 0.25) is 0 Å². The molecular formula is C22H16N4. The second-order valence-electron chi connectivity index (χ2n) is 6.23. The lowest BCUT2D eigenvalue weighted by Gasteiger charge is -2.09. The summed E-state index contributed by atoms with van der Waals surface area (Å²) in [5, 5.41) is 0. The van der Waals surface area contributed by atoms with E-state index < -0.39 is 0 Å². The lowest BCUT2D eigenvalue weighted by atomic mass is 10.2. The fraction of sp³-hybridized carbons (Fsp3) is 0.0455. The second-order valence-corrected chi connectivity index (χ2v) is 6.23. The van der Waals surface area contributed by atoms with Crippen molar-refractivity contribution in [3.8, 4) is 11.4 Å². The van der Waals surface area contributed by atoms with Gasteiger partial charge >= 0.3 is 0 Å². The highest BCUT2D eigenvalue weighted by molar-refractivity contribution is 6.01. The standard InChI is InChI=1S/C22H16N4/c1-3-7-16(8-4-1)15-26-19-12-11-18-20(24-14-13-23-18)21(19)25-22(26)17-9-5-2-6-10-17/h1-14H,15H2. The third-order valence-electron chi connectivity index (χ3n) is 4.57. The van der Waals surface area contributed by atoms with Crippen LogP contribution in [0.15, 0.2) is 85.2 Å². The maximum absolute atomic E-state index is 4.97. The number of nitrogens with zero attached hydrogens (tertiary/aromatic N) is 4. The summed E-state index contributed by atoms with van der Waals surface area (Å²) >= 11 is 0. The molecule has 0 amide bonds. The highest BCUT2D eigenvalue weighted by Gasteiger charge is 2.15. The van der Waals surface area contributed by atoms with Crippen molar-refractivity contribution < 1.29 is 0 Å². The maximum Gasteiger partial charge on any atom is 0.141 e. The zero-order valence-corrected chi connectivity index (χ0v) is 14.1. The summed E-state index contributed by atoms with van der Waals surface area (Å²) < 4.78 is 2.26. The molecule has 0 saturated heterocycles. The van der Waals surface area contributed by atoms with Gasteiger partial charge in [-0.05, 0) is 17.7 Å². The van der Waals surface area contributed by atoms with Gasteiger partial charge in [-0.25, -0.2) is 4.98 Å². The minimum Gasteiger partial charge on any atom is -0.319 e. The van der Waals surface area contributed by atoms with Gasteiger partial charge in [0.15, 0.2) is 0 Å². The summed E-state index contributed by atoms with van der Waals surface area (Å²) in [6.07, 6.45) is 3.44. The van der Waals surface area contributed by atoms with Crippen LogP contribution in [0.2, 0.25) is 0 Å². The van der Waals surface area contributed by atoms with Crippen molar-refractivity contribution in [2.24, 2.45) is 0 Å². The molecule has 2 aromatic heterocycles. The van der Waals surface area contributed by atoms with Crippen LogP contribution in [0.4, 0.5) is 0 Å². The average molecular weight is 336 g/mol. The summed E-state index contributed by atoms with van der Waals surface area (Å²) in [4.78, 5) is 13.9. The van der Waals surface area contributed by atoms with E-state index in [9.17, 15) is 0 Å². The van der Waals surface area contributed by atoms with Gasteiger partial charge in [0, 0.05) is 24.5 Å². The molecule has 0 aliphatic carbocycles. The van der Waals surface area contributed by atoms with E-state index in [0.717, 1.165) is 40.0 Å². The molecule has 4 heteroatoms. The molecule has 0 fully saturated rings. The SMILES string of the molecule is c1ccc(Cn2c(-c3ccccc3)nc3c4nccnc4ccc32)cc1. The van der Waals surface area contributed by atoms with Crippen molar-refractivity contribution >= 4 is 22.1 Å². The van der Waals surface area contributed by atoms with Crippen molar-refractivity contribution in [1.82, 2.24) is 19.5 Å². The van der Waals surface area contributed by atoms with Crippen molar-refractivity contribution in [2.45, 2.75) is 6.54 Å². The predicted octanol–water partition coefficient (Wildman–Crippen LogP) is 4.69. The summed E-state index contributed by atoms with van der Waals surface area (Å²) in [6.45, 7) is 0.757. The smallest absolute Gasteiger partial charge is 0.141 e. The molecule has 3 aromatic carbocycles. The Bertz CT molecular complexity index is 1190. The zero-order valence-electron chi connectivity index (χ0n) is 14.1. The van der Waals surface area contributed by atoms with E-state index in [0.29, 0.717) is 0 Å². The molecule has 0 aliphatic heterocycles. The number of imidazole rings is 1. The van der Waals surface area contributed by atoms with Crippen LogP contribution in [-0.4, -0.2) is 19.5 Å². The fourth-order valence-electron chi connectivity index (χ4n) is 3.35. The minimum atomic E-state index is 0.757. The van der Waals surface area contributed by atoms with E-state index in [1.165, 1.54) is 5.56 Å². The number of rotatable bonds is 3. The maximum atomic E-state index is 4.97. The van der Waals surface area contributed by atoms with Crippen LogP contribution in [-0.2, 0) is 6.54 Å². The van der Waals surface area contributed by atoms with Gasteiger partial charge in [-0.15, -0.1) is 0 Å². The molecule has 2 heterocycles. The molecule has 0 aliphatic rings. The highest BCUT2D eigenvalue weighted by Crippen LogP contribution is 2.29. The van der Waals surface area contributed by atoms with Gasteiger partial charge in [0.25, 0.3) is 0 Å². The van der Waals surface area contributed by atoms with Crippen LogP contribution < -0.4 is 0 Å². The Morgan fingerprint density at radius 2 is 1.42 bits per heavy atom. The van der Waals surface area contributed by atoms with Gasteiger partial charge < -0.3 is 4.57 Å². The summed E-state index contributed by atoms with van der Waals surface area (Å²) in [5.41, 5.74) is 6.00. The molecular weight excluding hydrogens is 320 g/mol. The normalized spacial score (nSPS) is 11.2. The first-order chi connectivity index (χ1) is 12.9. The van der Waals surface area contributed by atoms with Crippen LogP contribution in [0.25, 0.3) is 33.5 Å². The van der Waals surface area contributed by atoms with Gasteiger partial charge in [0.1, 0.15) is 16.9 Å². The Hall–Kier alpha value is -3.53. The quantitative estimate of drug-likeness (QED) is 0.480. The number of fused-ring (bicyclic) bond motifs is 3. The summed E-state index contributed by atoms with van der Waals surface area (Å²) in [7, 11) is 0. The number of hydrogen-bond donors (Lipinski definition) is 0. The van der Waals surface area contributed by atoms with E-state index in [4.69, 9.17) is 4.98 Å². The Kier molecular flexibility index (Phi) is 3.46. The van der Waals surface area contributed by atoms with Crippen LogP contribution >= 0.6 is 0 Å². The van der Waals surface area contributed by atoms with Gasteiger partial charge in [-0.3, -0.25) is 9.97 Å². The number of hydrogen-bond acceptors (Lipinski definition) is 3. The Balaban J connectivity index is 1.80. The average Bonchev–Trinajstić information content (AvgIpc) is 3.08. The van der Waals surface area contributed by atoms with E-state index in [-0.39, 0.29) is 0 Å². The van der Waals surface area contributed by atoms with E-state index >= 15 is 0 Å². The Morgan fingerprint density at radius 1 is 0.692 bits per heavy atom. The summed E-state index contributed by atoms with van der Waals surface area (Å²) in [6, 6.07) is 24.9. The molecule has 5 aromatic rings. The van der Waals surface area contributed by atoms with Crippen molar-refractivity contribution in [3.63, 3.8) is 0 Å². The first-order valence-corrected chi connectivity index (χ1v) is 8.59. The third kappa shape index (κ3) is 2.43. The molecule has 0 atom stereocenters. The zero-order chi connectivity index (χ0) is 17.3. The molecule has 0 saturated carbocycles. The van der Waals surface area contributed by atoms with Gasteiger partial charge in [-0.2, -0.15) is 0 Å². The molecule has 0 radical (unpaired) electrons. The van der Waals surface area contributed by atoms with E-state index in [2.05, 4.69) is 57.0 Å². The largest absolute Gasteiger partial charge is 0.319 e. The monoisotopic (exact) mass is 336 g/mol. The van der Waals surface area contributed by atoms with Crippen LogP contribution in [0, 0.1) is 0 Å². The molecule has 4 nitrogen and oxygen atoms in total. The molecule has 0 N–H and O–H groups in total. The predicted molar refractivity (Wildman–Crippen MR) is 104 cm³/mol. The summed E-state index contributed by atoms with van der Waals surface area (Å²) in [5.74, 6) is 0.947. The van der Waals surface area contributed by atoms with Crippen LogP contribution in [0.3, 0.4) is 0 Å². The van der Waals surface area contributed by atoms with Crippen molar-refractivity contribution in [1.29, 1.82) is 0 Å². The van der Waals surface area contributed by atoms with Gasteiger partial charge in [-0.1, -0.05) is 60.7 Å². The topological polar surface area (TPSA) is 43.6 Å². The fourth-order valence-corrected chi connectivity index (χ4v) is 3.35. The Labute approximate surface area is 150 Å². The molecule has 5 rings (SSSR count). The van der Waals surface area contributed by atoms with Crippen LogP contribution in [0.1, 0.15) is 5.56 Å². The van der Waals surface area contributed by atoms with E-state index in [1.807, 2.05) is 30.3 Å². The molecule has 124 valence electrons. The molecule has 0 spiro atoms. The number of aromatic nitrogens is 4. The van der Waals surface area contributed by atoms with Crippen molar-refractivity contribution in [3.05, 3.63) is 90.8 Å². The van der Waals surface area contributed by atoms with E-state index in [1.54, 1.807) is 12.4 Å². The lowest BCUT2D eigenvalue weighted by molar-refractivity contribution is 0.834. The Morgan fingerprint density at radius 3 is 2.23 bits per heavy atom. The molecule has 0 bridgehead atoms. The minimum absolute atomic E-state index is 0.757. The first kappa shape index (κ1) is 14.8. The third-order valence-corrected chi connectivity index (χ3v) is 4.57. The first-order valence-electron chi connectivity index (χ1n) is 8.59. The highest BCUT2D eigenvalue weighted by atomic mass is 15.1. The molecule has 0 unspecified atom stereocenters. The second kappa shape index (κ2) is 6.08. The van der Waals surface area contributed by atoms with Crippen molar-refractivity contribution in [2.75, 3.05) is 0 Å². The van der Waals surface area contributed by atoms with Gasteiger partial charge in [0.05, 0.1) is 11.0 Å². The van der Waals surface area contributed by atoms with Crippen LogP contribution in [0.5, 0.6) is 0 Å². The number of benzene rings is 3.